The summed E-state index contributed by atoms with van der Waals surface area (Å²) in [5, 5.41) is 4.81. The first kappa shape index (κ1) is 18.9. The van der Waals surface area contributed by atoms with Gasteiger partial charge in [0.25, 0.3) is 0 Å². The monoisotopic (exact) mass is 402 g/mol. The fraction of sp³-hybridized carbons (Fsp3) is 0.333. The number of aryl methyl sites for hydroxylation is 1. The number of nitrogens with zero attached hydrogens (tertiary/aromatic N) is 4. The molecule has 4 aromatic rings. The molecule has 0 N–H and O–H groups in total. The molecule has 0 radical (unpaired) electrons. The Balaban J connectivity index is 1.29. The number of piperidine rings is 1. The summed E-state index contributed by atoms with van der Waals surface area (Å²) in [7, 11) is 1.69. The third kappa shape index (κ3) is 3.83. The number of furan rings is 1. The Morgan fingerprint density at radius 2 is 1.93 bits per heavy atom. The van der Waals surface area contributed by atoms with Crippen LogP contribution in [0.15, 0.2) is 59.1 Å². The van der Waals surface area contributed by atoms with Crippen LogP contribution in [0.4, 0.5) is 0 Å². The third-order valence-corrected chi connectivity index (χ3v) is 5.88. The van der Waals surface area contributed by atoms with Crippen LogP contribution in [-0.2, 0) is 6.54 Å². The Bertz CT molecular complexity index is 1150. The Hall–Kier alpha value is -3.12. The highest BCUT2D eigenvalue weighted by molar-refractivity contribution is 5.65. The van der Waals surface area contributed by atoms with Gasteiger partial charge in [-0.25, -0.2) is 9.50 Å². The molecule has 0 bridgehead atoms. The van der Waals surface area contributed by atoms with Gasteiger partial charge in [-0.1, -0.05) is 12.1 Å². The first-order valence-corrected chi connectivity index (χ1v) is 10.5. The highest BCUT2D eigenvalue weighted by atomic mass is 16.5. The summed E-state index contributed by atoms with van der Waals surface area (Å²) in [6.07, 6.45) is 4.19. The fourth-order valence-corrected chi connectivity index (χ4v) is 4.19. The second-order valence-electron chi connectivity index (χ2n) is 7.99. The van der Waals surface area contributed by atoms with Crippen molar-refractivity contribution < 1.29 is 9.15 Å². The number of rotatable bonds is 5. The van der Waals surface area contributed by atoms with Crippen molar-refractivity contribution in [1.29, 1.82) is 0 Å². The lowest BCUT2D eigenvalue weighted by Gasteiger charge is -2.29. The highest BCUT2D eigenvalue weighted by Gasteiger charge is 2.24. The van der Waals surface area contributed by atoms with Gasteiger partial charge in [0.2, 0.25) is 0 Å². The van der Waals surface area contributed by atoms with E-state index in [0.29, 0.717) is 5.92 Å². The van der Waals surface area contributed by atoms with Crippen LogP contribution in [0.3, 0.4) is 0 Å². The van der Waals surface area contributed by atoms with Crippen molar-refractivity contribution in [1.82, 2.24) is 19.5 Å². The lowest BCUT2D eigenvalue weighted by molar-refractivity contribution is 0.187. The summed E-state index contributed by atoms with van der Waals surface area (Å²) in [6, 6.07) is 16.3. The largest absolute Gasteiger partial charge is 0.497 e. The molecule has 1 saturated heterocycles. The first-order chi connectivity index (χ1) is 14.7. The summed E-state index contributed by atoms with van der Waals surface area (Å²) in [6.45, 7) is 4.94. The van der Waals surface area contributed by atoms with Crippen molar-refractivity contribution in [2.45, 2.75) is 32.2 Å². The van der Waals surface area contributed by atoms with Gasteiger partial charge in [0.1, 0.15) is 17.3 Å². The van der Waals surface area contributed by atoms with E-state index in [9.17, 15) is 0 Å². The van der Waals surface area contributed by atoms with Crippen molar-refractivity contribution >= 4 is 5.65 Å². The lowest BCUT2D eigenvalue weighted by atomic mass is 9.96. The van der Waals surface area contributed by atoms with Crippen LogP contribution in [0.2, 0.25) is 0 Å². The van der Waals surface area contributed by atoms with Gasteiger partial charge in [0.05, 0.1) is 13.7 Å². The van der Waals surface area contributed by atoms with E-state index in [0.717, 1.165) is 72.3 Å². The topological polar surface area (TPSA) is 55.8 Å². The van der Waals surface area contributed by atoms with E-state index in [4.69, 9.17) is 19.2 Å². The van der Waals surface area contributed by atoms with E-state index in [1.54, 1.807) is 7.11 Å². The zero-order chi connectivity index (χ0) is 20.5. The van der Waals surface area contributed by atoms with Gasteiger partial charge in [-0.05, 0) is 74.8 Å². The van der Waals surface area contributed by atoms with Crippen LogP contribution in [-0.4, -0.2) is 39.7 Å². The number of methoxy groups -OCH3 is 1. The standard InChI is InChI=1S/C24H26N4O2/c1-17-6-8-22(30-17)16-27-12-10-18(11-13-27)24-25-23-9-7-20(15-28(23)26-24)19-4-3-5-21(14-19)29-2/h3-9,14-15,18H,10-13,16H2,1-2H3. The van der Waals surface area contributed by atoms with Crippen LogP contribution < -0.4 is 4.74 Å². The van der Waals surface area contributed by atoms with Crippen LogP contribution in [0.5, 0.6) is 5.75 Å². The predicted molar refractivity (Wildman–Crippen MR) is 116 cm³/mol. The second-order valence-corrected chi connectivity index (χ2v) is 7.99. The summed E-state index contributed by atoms with van der Waals surface area (Å²) in [5.74, 6) is 4.22. The van der Waals surface area contributed by atoms with E-state index >= 15 is 0 Å². The highest BCUT2D eigenvalue weighted by Crippen LogP contribution is 2.28. The van der Waals surface area contributed by atoms with Crippen molar-refractivity contribution in [2.75, 3.05) is 20.2 Å². The number of pyridine rings is 1. The maximum Gasteiger partial charge on any atom is 0.155 e. The second kappa shape index (κ2) is 7.95. The minimum absolute atomic E-state index is 0.403. The van der Waals surface area contributed by atoms with E-state index in [1.165, 1.54) is 0 Å². The van der Waals surface area contributed by atoms with Gasteiger partial charge >= 0.3 is 0 Å². The number of fused-ring (bicyclic) bond motifs is 1. The minimum atomic E-state index is 0.403. The minimum Gasteiger partial charge on any atom is -0.497 e. The molecule has 1 aliphatic rings. The van der Waals surface area contributed by atoms with Gasteiger partial charge in [-0.15, -0.1) is 0 Å². The molecular formula is C24H26N4O2. The maximum absolute atomic E-state index is 5.72. The zero-order valence-corrected chi connectivity index (χ0v) is 17.4. The normalized spacial score (nSPS) is 15.7. The summed E-state index contributed by atoms with van der Waals surface area (Å²) in [4.78, 5) is 7.26. The summed E-state index contributed by atoms with van der Waals surface area (Å²) >= 11 is 0. The Labute approximate surface area is 176 Å². The van der Waals surface area contributed by atoms with Gasteiger partial charge in [0.15, 0.2) is 11.5 Å². The number of benzene rings is 1. The maximum atomic E-state index is 5.72. The van der Waals surface area contributed by atoms with Gasteiger partial charge in [-0.3, -0.25) is 4.90 Å². The van der Waals surface area contributed by atoms with Gasteiger partial charge in [0, 0.05) is 17.7 Å². The molecule has 6 heteroatoms. The van der Waals surface area contributed by atoms with Crippen LogP contribution in [0.1, 0.15) is 36.1 Å². The number of hydrogen-bond donors (Lipinski definition) is 0. The van der Waals surface area contributed by atoms with Crippen molar-refractivity contribution in [3.05, 3.63) is 72.1 Å². The van der Waals surface area contributed by atoms with E-state index < -0.39 is 0 Å². The summed E-state index contributed by atoms with van der Waals surface area (Å²) in [5.41, 5.74) is 3.10. The van der Waals surface area contributed by atoms with Crippen LogP contribution in [0, 0.1) is 6.92 Å². The summed E-state index contributed by atoms with van der Waals surface area (Å²) < 4.78 is 13.0. The molecule has 1 aromatic carbocycles. The van der Waals surface area contributed by atoms with Crippen LogP contribution in [0.25, 0.3) is 16.8 Å². The van der Waals surface area contributed by atoms with Crippen LogP contribution >= 0.6 is 0 Å². The molecular weight excluding hydrogens is 376 g/mol. The molecule has 3 aromatic heterocycles. The Morgan fingerprint density at radius 1 is 1.07 bits per heavy atom. The smallest absolute Gasteiger partial charge is 0.155 e. The van der Waals surface area contributed by atoms with Crippen molar-refractivity contribution in [3.63, 3.8) is 0 Å². The number of aromatic nitrogens is 3. The molecule has 0 amide bonds. The third-order valence-electron chi connectivity index (χ3n) is 5.88. The molecule has 30 heavy (non-hydrogen) atoms. The number of ether oxygens (including phenoxy) is 1. The van der Waals surface area contributed by atoms with Gasteiger partial charge < -0.3 is 9.15 Å². The Morgan fingerprint density at radius 3 is 2.70 bits per heavy atom. The SMILES string of the molecule is COc1cccc(-c2ccc3nc(C4CCN(Cc5ccc(C)o5)CC4)nn3c2)c1. The fourth-order valence-electron chi connectivity index (χ4n) is 4.19. The molecule has 0 saturated carbocycles. The quantitative estimate of drug-likeness (QED) is 0.485. The molecule has 0 spiro atoms. The average molecular weight is 402 g/mol. The number of hydrogen-bond acceptors (Lipinski definition) is 5. The zero-order valence-electron chi connectivity index (χ0n) is 17.4. The molecule has 5 rings (SSSR count). The van der Waals surface area contributed by atoms with Crippen molar-refractivity contribution in [3.8, 4) is 16.9 Å². The number of likely N-dealkylation sites (tertiary alicyclic amines) is 1. The molecule has 1 aliphatic heterocycles. The Kier molecular flexibility index (Phi) is 5.01. The molecule has 0 unspecified atom stereocenters. The molecule has 154 valence electrons. The molecule has 4 heterocycles. The molecule has 0 aliphatic carbocycles. The van der Waals surface area contributed by atoms with Gasteiger partial charge in [-0.2, -0.15) is 5.10 Å². The van der Waals surface area contributed by atoms with E-state index in [2.05, 4.69) is 29.3 Å². The van der Waals surface area contributed by atoms with E-state index in [-0.39, 0.29) is 0 Å². The average Bonchev–Trinajstić information content (AvgIpc) is 3.39. The molecule has 0 atom stereocenters. The van der Waals surface area contributed by atoms with Crippen molar-refractivity contribution in [2.24, 2.45) is 0 Å². The lowest BCUT2D eigenvalue weighted by Crippen LogP contribution is -2.32. The predicted octanol–water partition coefficient (Wildman–Crippen LogP) is 4.69. The molecule has 1 fully saturated rings. The first-order valence-electron chi connectivity index (χ1n) is 10.5. The molecule has 6 nitrogen and oxygen atoms in total. The van der Waals surface area contributed by atoms with E-state index in [1.807, 2.05) is 41.8 Å².